The van der Waals surface area contributed by atoms with E-state index in [4.69, 9.17) is 10.2 Å². The van der Waals surface area contributed by atoms with Gasteiger partial charge in [-0.2, -0.15) is 0 Å². The summed E-state index contributed by atoms with van der Waals surface area (Å²) in [7, 11) is -4.08. The van der Waals surface area contributed by atoms with Gasteiger partial charge < -0.3 is 15.1 Å². The molecule has 0 amide bonds. The largest absolute Gasteiger partial charge is 0.481 e. The first-order chi connectivity index (χ1) is 11.7. The maximum Gasteiger partial charge on any atom is 0.321 e. The molecule has 0 saturated carbocycles. The van der Waals surface area contributed by atoms with E-state index in [9.17, 15) is 19.0 Å². The van der Waals surface area contributed by atoms with E-state index in [-0.39, 0.29) is 6.42 Å². The van der Waals surface area contributed by atoms with Crippen molar-refractivity contribution >= 4 is 30.2 Å². The Bertz CT molecular complexity index is 837. The van der Waals surface area contributed by atoms with E-state index >= 15 is 0 Å². The molecule has 0 aliphatic rings. The van der Waals surface area contributed by atoms with E-state index in [1.54, 1.807) is 12.1 Å². The molecular formula is C17H20NO6P. The summed E-state index contributed by atoms with van der Waals surface area (Å²) in [4.78, 5) is 32.2. The normalized spacial score (nSPS) is 16.1. The van der Waals surface area contributed by atoms with Gasteiger partial charge in [-0.1, -0.05) is 42.5 Å². The lowest BCUT2D eigenvalue weighted by molar-refractivity contribution is -0.140. The first-order valence-electron chi connectivity index (χ1n) is 7.74. The Kier molecular flexibility index (Phi) is 5.95. The molecule has 2 aromatic rings. The maximum atomic E-state index is 12.6. The van der Waals surface area contributed by atoms with Crippen molar-refractivity contribution in [3.05, 3.63) is 48.0 Å². The Balaban J connectivity index is 2.21. The van der Waals surface area contributed by atoms with Gasteiger partial charge in [0.05, 0.1) is 5.66 Å². The van der Waals surface area contributed by atoms with Gasteiger partial charge in [0.2, 0.25) is 0 Å². The van der Waals surface area contributed by atoms with Crippen LogP contribution in [0.1, 0.15) is 31.0 Å². The van der Waals surface area contributed by atoms with E-state index in [2.05, 4.69) is 5.09 Å². The minimum absolute atomic E-state index is 0.278. The Morgan fingerprint density at radius 3 is 2.36 bits per heavy atom. The van der Waals surface area contributed by atoms with E-state index in [0.717, 1.165) is 10.8 Å². The second-order valence-electron chi connectivity index (χ2n) is 5.86. The fraction of sp³-hybridized carbons (Fsp3) is 0.294. The van der Waals surface area contributed by atoms with Crippen molar-refractivity contribution in [2.24, 2.45) is 0 Å². The Morgan fingerprint density at radius 2 is 1.76 bits per heavy atom. The minimum Gasteiger partial charge on any atom is -0.481 e. The van der Waals surface area contributed by atoms with Crippen LogP contribution in [-0.4, -0.2) is 33.1 Å². The molecule has 0 aromatic heterocycles. The predicted octanol–water partition coefficient (Wildman–Crippen LogP) is 2.99. The highest BCUT2D eigenvalue weighted by Gasteiger charge is 2.34. The van der Waals surface area contributed by atoms with Crippen LogP contribution < -0.4 is 5.09 Å². The first kappa shape index (κ1) is 19.1. The Labute approximate surface area is 144 Å². The Hall–Kier alpha value is -2.21. The molecule has 0 bridgehead atoms. The molecule has 0 heterocycles. The number of carbonyl (C=O) groups is 2. The van der Waals surface area contributed by atoms with Gasteiger partial charge >= 0.3 is 11.9 Å². The van der Waals surface area contributed by atoms with Gasteiger partial charge in [-0.25, -0.2) is 5.09 Å². The lowest BCUT2D eigenvalue weighted by Crippen LogP contribution is -2.35. The molecule has 0 radical (unpaired) electrons. The van der Waals surface area contributed by atoms with Gasteiger partial charge in [0.25, 0.3) is 7.52 Å². The summed E-state index contributed by atoms with van der Waals surface area (Å²) < 4.78 is 12.6. The van der Waals surface area contributed by atoms with Crippen LogP contribution in [0.5, 0.6) is 0 Å². The van der Waals surface area contributed by atoms with Crippen molar-refractivity contribution in [1.29, 1.82) is 0 Å². The predicted molar refractivity (Wildman–Crippen MR) is 93.6 cm³/mol. The summed E-state index contributed by atoms with van der Waals surface area (Å²) in [5.74, 6) is -2.52. The number of hydrogen-bond donors (Lipinski definition) is 4. The smallest absolute Gasteiger partial charge is 0.321 e. The second-order valence-corrected chi connectivity index (χ2v) is 8.14. The topological polar surface area (TPSA) is 124 Å². The highest BCUT2D eigenvalue weighted by molar-refractivity contribution is 7.56. The molecule has 0 aliphatic heterocycles. The molecule has 0 saturated heterocycles. The number of nitrogens with one attached hydrogen (secondary N) is 1. The zero-order valence-corrected chi connectivity index (χ0v) is 14.5. The molecule has 134 valence electrons. The summed E-state index contributed by atoms with van der Waals surface area (Å²) in [5, 5.41) is 22.0. The highest BCUT2D eigenvalue weighted by atomic mass is 31.2. The molecule has 0 fully saturated rings. The molecule has 2 rings (SSSR count). The Morgan fingerprint density at radius 1 is 1.12 bits per heavy atom. The van der Waals surface area contributed by atoms with Crippen LogP contribution in [0.2, 0.25) is 0 Å². The fourth-order valence-corrected chi connectivity index (χ4v) is 3.99. The van der Waals surface area contributed by atoms with Crippen molar-refractivity contribution in [2.45, 2.75) is 31.5 Å². The van der Waals surface area contributed by atoms with Crippen LogP contribution in [0, 0.1) is 0 Å². The van der Waals surface area contributed by atoms with Crippen molar-refractivity contribution in [1.82, 2.24) is 5.09 Å². The fourth-order valence-electron chi connectivity index (χ4n) is 2.52. The van der Waals surface area contributed by atoms with Crippen LogP contribution in [0.3, 0.4) is 0 Å². The molecule has 3 atom stereocenters. The third-order valence-electron chi connectivity index (χ3n) is 4.07. The highest BCUT2D eigenvalue weighted by Crippen LogP contribution is 2.52. The monoisotopic (exact) mass is 365 g/mol. The number of fused-ring (bicyclic) bond motifs is 1. The average molecular weight is 365 g/mol. The first-order valence-corrected chi connectivity index (χ1v) is 9.47. The van der Waals surface area contributed by atoms with Crippen molar-refractivity contribution in [3.63, 3.8) is 0 Å². The number of benzene rings is 2. The standard InChI is InChI=1S/C17H20NO6P/c1-11(13-7-6-12-4-2-3-5-14(12)10-13)25(23,24)18-15(17(21)22)8-9-16(19)20/h2-7,10-11,15H,8-9H2,1H3,(H,19,20)(H,21,22)(H2,18,23,24). The third-order valence-corrected chi connectivity index (χ3v) is 6.10. The van der Waals surface area contributed by atoms with Crippen molar-refractivity contribution < 1.29 is 29.3 Å². The molecule has 2 aromatic carbocycles. The van der Waals surface area contributed by atoms with Crippen molar-refractivity contribution in [3.8, 4) is 0 Å². The quantitative estimate of drug-likeness (QED) is 0.530. The lowest BCUT2D eigenvalue weighted by Gasteiger charge is -2.24. The lowest BCUT2D eigenvalue weighted by atomic mass is 10.1. The number of hydrogen-bond acceptors (Lipinski definition) is 3. The van der Waals surface area contributed by atoms with E-state index in [1.807, 2.05) is 30.3 Å². The molecular weight excluding hydrogens is 345 g/mol. The van der Waals surface area contributed by atoms with Gasteiger partial charge in [0, 0.05) is 6.42 Å². The summed E-state index contributed by atoms with van der Waals surface area (Å²) in [6, 6.07) is 11.5. The van der Waals surface area contributed by atoms with Gasteiger partial charge in [0.1, 0.15) is 6.04 Å². The number of rotatable bonds is 8. The van der Waals surface area contributed by atoms with Crippen LogP contribution in [0.25, 0.3) is 10.8 Å². The molecule has 4 N–H and O–H groups in total. The van der Waals surface area contributed by atoms with Gasteiger partial charge in [0.15, 0.2) is 0 Å². The molecule has 7 nitrogen and oxygen atoms in total. The number of aliphatic carboxylic acids is 2. The number of carboxylic acids is 2. The summed E-state index contributed by atoms with van der Waals surface area (Å²) in [5.41, 5.74) is -0.247. The van der Waals surface area contributed by atoms with Gasteiger partial charge in [-0.3, -0.25) is 14.2 Å². The van der Waals surface area contributed by atoms with Crippen LogP contribution in [0.15, 0.2) is 42.5 Å². The summed E-state index contributed by atoms with van der Waals surface area (Å²) in [6.45, 7) is 1.54. The summed E-state index contributed by atoms with van der Waals surface area (Å²) >= 11 is 0. The minimum atomic E-state index is -4.08. The van der Waals surface area contributed by atoms with Crippen LogP contribution in [-0.2, 0) is 14.2 Å². The van der Waals surface area contributed by atoms with E-state index < -0.39 is 37.6 Å². The van der Waals surface area contributed by atoms with E-state index in [1.165, 1.54) is 6.92 Å². The van der Waals surface area contributed by atoms with Gasteiger partial charge in [-0.15, -0.1) is 0 Å². The third kappa shape index (κ3) is 4.89. The molecule has 0 aliphatic carbocycles. The van der Waals surface area contributed by atoms with Crippen molar-refractivity contribution in [2.75, 3.05) is 0 Å². The molecule has 0 spiro atoms. The van der Waals surface area contributed by atoms with E-state index in [0.29, 0.717) is 5.56 Å². The summed E-state index contributed by atoms with van der Waals surface area (Å²) in [6.07, 6.45) is -0.687. The zero-order chi connectivity index (χ0) is 18.6. The van der Waals surface area contributed by atoms with Crippen LogP contribution in [0.4, 0.5) is 0 Å². The SMILES string of the molecule is CC(c1ccc2ccccc2c1)P(=O)(O)NC(CCC(=O)O)C(=O)O. The molecule has 25 heavy (non-hydrogen) atoms. The maximum absolute atomic E-state index is 12.6. The van der Waals surface area contributed by atoms with Gasteiger partial charge in [-0.05, 0) is 29.7 Å². The second kappa shape index (κ2) is 7.78. The molecule has 8 heteroatoms. The number of carboxylic acid groups (broad SMARTS) is 2. The molecule has 3 unspecified atom stereocenters. The zero-order valence-electron chi connectivity index (χ0n) is 13.6. The van der Waals surface area contributed by atoms with Crippen LogP contribution >= 0.6 is 7.52 Å². The average Bonchev–Trinajstić information content (AvgIpc) is 2.57.